The predicted molar refractivity (Wildman–Crippen MR) is 83.4 cm³/mol. The van der Waals surface area contributed by atoms with E-state index in [1.165, 1.54) is 6.07 Å². The summed E-state index contributed by atoms with van der Waals surface area (Å²) in [5.74, 6) is -0.110. The van der Waals surface area contributed by atoms with E-state index < -0.39 is 0 Å². The topological polar surface area (TPSA) is 32.3 Å². The Labute approximate surface area is 133 Å². The number of carbonyl (C=O) groups is 1. The molecule has 1 N–H and O–H groups in total. The van der Waals surface area contributed by atoms with Crippen molar-refractivity contribution < 1.29 is 9.18 Å². The third kappa shape index (κ3) is 4.17. The SMILES string of the molecule is CCN(Cc1cc(Br)ccc1F)C(=O)C1CCNC1.Cl. The minimum Gasteiger partial charge on any atom is -0.338 e. The van der Waals surface area contributed by atoms with E-state index >= 15 is 0 Å². The zero-order valence-electron chi connectivity index (χ0n) is 11.4. The number of amides is 1. The number of halogens is 3. The van der Waals surface area contributed by atoms with E-state index in [4.69, 9.17) is 0 Å². The molecule has 1 aromatic rings. The van der Waals surface area contributed by atoms with Crippen LogP contribution >= 0.6 is 28.3 Å². The minimum atomic E-state index is -0.265. The molecule has 0 spiro atoms. The minimum absolute atomic E-state index is 0. The Balaban J connectivity index is 0.00000200. The van der Waals surface area contributed by atoms with E-state index in [2.05, 4.69) is 21.2 Å². The monoisotopic (exact) mass is 364 g/mol. The van der Waals surface area contributed by atoms with Crippen molar-refractivity contribution in [2.75, 3.05) is 19.6 Å². The molecular weight excluding hydrogens is 347 g/mol. The molecule has 1 aliphatic heterocycles. The van der Waals surface area contributed by atoms with Gasteiger partial charge in [0, 0.05) is 29.7 Å². The van der Waals surface area contributed by atoms with Crippen LogP contribution in [0.4, 0.5) is 4.39 Å². The van der Waals surface area contributed by atoms with Crippen LogP contribution in [0, 0.1) is 11.7 Å². The van der Waals surface area contributed by atoms with Gasteiger partial charge < -0.3 is 10.2 Å². The van der Waals surface area contributed by atoms with Crippen molar-refractivity contribution in [3.05, 3.63) is 34.1 Å². The van der Waals surface area contributed by atoms with E-state index in [1.54, 1.807) is 17.0 Å². The summed E-state index contributed by atoms with van der Waals surface area (Å²) < 4.78 is 14.6. The fraction of sp³-hybridized carbons (Fsp3) is 0.500. The highest BCUT2D eigenvalue weighted by atomic mass is 79.9. The Bertz CT molecular complexity index is 466. The summed E-state index contributed by atoms with van der Waals surface area (Å²) in [6.07, 6.45) is 0.871. The van der Waals surface area contributed by atoms with Crippen LogP contribution in [0.5, 0.6) is 0 Å². The summed E-state index contributed by atoms with van der Waals surface area (Å²) in [5, 5.41) is 3.19. The second-order valence-electron chi connectivity index (χ2n) is 4.78. The molecule has 1 aliphatic rings. The van der Waals surface area contributed by atoms with Crippen molar-refractivity contribution in [3.8, 4) is 0 Å². The molecule has 3 nitrogen and oxygen atoms in total. The zero-order valence-corrected chi connectivity index (χ0v) is 13.8. The summed E-state index contributed by atoms with van der Waals surface area (Å²) in [6.45, 7) is 4.48. The first-order valence-corrected chi connectivity index (χ1v) is 7.34. The lowest BCUT2D eigenvalue weighted by molar-refractivity contribution is -0.135. The summed E-state index contributed by atoms with van der Waals surface area (Å²) in [4.78, 5) is 14.1. The Morgan fingerprint density at radius 1 is 1.55 bits per heavy atom. The smallest absolute Gasteiger partial charge is 0.227 e. The lowest BCUT2D eigenvalue weighted by Gasteiger charge is -2.24. The Kier molecular flexibility index (Phi) is 6.92. The van der Waals surface area contributed by atoms with Gasteiger partial charge in [0.2, 0.25) is 5.91 Å². The van der Waals surface area contributed by atoms with Gasteiger partial charge in [0.1, 0.15) is 5.82 Å². The molecule has 1 aromatic carbocycles. The van der Waals surface area contributed by atoms with Crippen LogP contribution in [0.15, 0.2) is 22.7 Å². The van der Waals surface area contributed by atoms with Gasteiger partial charge in [0.05, 0.1) is 5.92 Å². The number of hydrogen-bond donors (Lipinski definition) is 1. The van der Waals surface area contributed by atoms with Crippen molar-refractivity contribution in [3.63, 3.8) is 0 Å². The average molecular weight is 366 g/mol. The lowest BCUT2D eigenvalue weighted by atomic mass is 10.1. The molecule has 1 fully saturated rings. The summed E-state index contributed by atoms with van der Waals surface area (Å²) in [7, 11) is 0. The third-order valence-corrected chi connectivity index (χ3v) is 3.97. The number of nitrogens with one attached hydrogen (secondary N) is 1. The van der Waals surface area contributed by atoms with E-state index in [-0.39, 0.29) is 30.0 Å². The molecule has 6 heteroatoms. The van der Waals surface area contributed by atoms with Crippen molar-refractivity contribution in [1.82, 2.24) is 10.2 Å². The highest BCUT2D eigenvalue weighted by Crippen LogP contribution is 2.19. The molecule has 112 valence electrons. The average Bonchev–Trinajstić information content (AvgIpc) is 2.93. The van der Waals surface area contributed by atoms with Crippen molar-refractivity contribution >= 4 is 34.2 Å². The highest BCUT2D eigenvalue weighted by Gasteiger charge is 2.26. The van der Waals surface area contributed by atoms with Crippen molar-refractivity contribution in [2.24, 2.45) is 5.92 Å². The highest BCUT2D eigenvalue weighted by molar-refractivity contribution is 9.10. The largest absolute Gasteiger partial charge is 0.338 e. The maximum Gasteiger partial charge on any atom is 0.227 e. The van der Waals surface area contributed by atoms with Crippen LogP contribution in [0.2, 0.25) is 0 Å². The molecule has 1 saturated heterocycles. The van der Waals surface area contributed by atoms with Crippen LogP contribution in [0.1, 0.15) is 18.9 Å². The molecule has 0 aromatic heterocycles. The standard InChI is InChI=1S/C14H18BrFN2O.ClH/c1-2-18(14(19)10-5-6-17-8-10)9-11-7-12(15)3-4-13(11)16;/h3-4,7,10,17H,2,5-6,8-9H2,1H3;1H. The number of nitrogens with zero attached hydrogens (tertiary/aromatic N) is 1. The predicted octanol–water partition coefficient (Wildman–Crippen LogP) is 2.97. The molecular formula is C14H19BrClFN2O. The van der Waals surface area contributed by atoms with E-state index in [0.717, 1.165) is 24.0 Å². The first-order valence-electron chi connectivity index (χ1n) is 6.55. The number of hydrogen-bond acceptors (Lipinski definition) is 2. The van der Waals surface area contributed by atoms with Gasteiger partial charge in [-0.25, -0.2) is 4.39 Å². The molecule has 1 amide bonds. The fourth-order valence-corrected chi connectivity index (χ4v) is 2.75. The van der Waals surface area contributed by atoms with Gasteiger partial charge >= 0.3 is 0 Å². The first-order chi connectivity index (χ1) is 9.11. The Morgan fingerprint density at radius 3 is 2.90 bits per heavy atom. The van der Waals surface area contributed by atoms with Gasteiger partial charge in [-0.05, 0) is 38.1 Å². The van der Waals surface area contributed by atoms with Crippen LogP contribution < -0.4 is 5.32 Å². The Morgan fingerprint density at radius 2 is 2.30 bits per heavy atom. The van der Waals surface area contributed by atoms with Crippen LogP contribution in [-0.4, -0.2) is 30.4 Å². The summed E-state index contributed by atoms with van der Waals surface area (Å²) in [5.41, 5.74) is 0.551. The van der Waals surface area contributed by atoms with Gasteiger partial charge in [-0.2, -0.15) is 0 Å². The van der Waals surface area contributed by atoms with Crippen molar-refractivity contribution in [2.45, 2.75) is 19.9 Å². The van der Waals surface area contributed by atoms with Gasteiger partial charge in [0.15, 0.2) is 0 Å². The quantitative estimate of drug-likeness (QED) is 0.890. The van der Waals surface area contributed by atoms with Crippen LogP contribution in [0.3, 0.4) is 0 Å². The Hall–Kier alpha value is -0.650. The first kappa shape index (κ1) is 17.4. The van der Waals surface area contributed by atoms with E-state index in [9.17, 15) is 9.18 Å². The fourth-order valence-electron chi connectivity index (χ4n) is 2.34. The van der Waals surface area contributed by atoms with Crippen LogP contribution in [-0.2, 0) is 11.3 Å². The molecule has 0 bridgehead atoms. The maximum atomic E-state index is 13.7. The maximum absolute atomic E-state index is 13.7. The summed E-state index contributed by atoms with van der Waals surface area (Å²) in [6, 6.07) is 4.82. The lowest BCUT2D eigenvalue weighted by Crippen LogP contribution is -2.36. The molecule has 2 rings (SSSR count). The molecule has 1 atom stereocenters. The molecule has 1 heterocycles. The molecule has 0 aliphatic carbocycles. The molecule has 0 radical (unpaired) electrons. The van der Waals surface area contributed by atoms with Gasteiger partial charge in [-0.15, -0.1) is 12.4 Å². The second-order valence-corrected chi connectivity index (χ2v) is 5.69. The number of benzene rings is 1. The molecule has 0 saturated carbocycles. The van der Waals surface area contributed by atoms with Crippen LogP contribution in [0.25, 0.3) is 0 Å². The van der Waals surface area contributed by atoms with Gasteiger partial charge in [-0.1, -0.05) is 15.9 Å². The number of rotatable bonds is 4. The van der Waals surface area contributed by atoms with Gasteiger partial charge in [-0.3, -0.25) is 4.79 Å². The normalized spacial score (nSPS) is 17.6. The molecule has 1 unspecified atom stereocenters. The van der Waals surface area contributed by atoms with E-state index in [0.29, 0.717) is 18.7 Å². The van der Waals surface area contributed by atoms with E-state index in [1.807, 2.05) is 6.92 Å². The molecule has 20 heavy (non-hydrogen) atoms. The number of carbonyl (C=O) groups excluding carboxylic acids is 1. The van der Waals surface area contributed by atoms with Gasteiger partial charge in [0.25, 0.3) is 0 Å². The zero-order chi connectivity index (χ0) is 13.8. The summed E-state index contributed by atoms with van der Waals surface area (Å²) >= 11 is 3.33. The second kappa shape index (κ2) is 7.96. The van der Waals surface area contributed by atoms with Crippen molar-refractivity contribution in [1.29, 1.82) is 0 Å². The third-order valence-electron chi connectivity index (χ3n) is 3.47.